The molecular weight excluding hydrogens is 352 g/mol. The largest absolute Gasteiger partial charge is 0.352 e. The number of sulfonamides is 1. The zero-order valence-corrected chi connectivity index (χ0v) is 15.6. The molecule has 1 aliphatic rings. The number of amides is 1. The molecule has 1 aliphatic carbocycles. The van der Waals surface area contributed by atoms with E-state index >= 15 is 0 Å². The van der Waals surface area contributed by atoms with Crippen LogP contribution in [-0.2, 0) is 16.4 Å². The van der Waals surface area contributed by atoms with Gasteiger partial charge in [0.1, 0.15) is 0 Å². The highest BCUT2D eigenvalue weighted by molar-refractivity contribution is 7.89. The van der Waals surface area contributed by atoms with Gasteiger partial charge in [0.2, 0.25) is 10.0 Å². The first kappa shape index (κ1) is 18.6. The predicted octanol–water partition coefficient (Wildman–Crippen LogP) is 1.77. The summed E-state index contributed by atoms with van der Waals surface area (Å²) in [7, 11) is -3.57. The molecule has 1 fully saturated rings. The predicted molar refractivity (Wildman–Crippen MR) is 98.3 cm³/mol. The topological polar surface area (TPSA) is 104 Å². The smallest absolute Gasteiger partial charge is 0.251 e. The first-order valence-electron chi connectivity index (χ1n) is 8.82. The number of aryl methyl sites for hydroxylation is 2. The maximum atomic E-state index is 12.3. The van der Waals surface area contributed by atoms with Crippen LogP contribution in [0.5, 0.6) is 0 Å². The van der Waals surface area contributed by atoms with Crippen molar-refractivity contribution >= 4 is 15.9 Å². The summed E-state index contributed by atoms with van der Waals surface area (Å²) in [5.74, 6) is 0.184. The highest BCUT2D eigenvalue weighted by atomic mass is 32.2. The summed E-state index contributed by atoms with van der Waals surface area (Å²) in [6.45, 7) is 2.94. The molecule has 0 unspecified atom stereocenters. The number of rotatable bonds is 9. The highest BCUT2D eigenvalue weighted by Crippen LogP contribution is 2.28. The summed E-state index contributed by atoms with van der Waals surface area (Å²) < 4.78 is 27.2. The third-order valence-electron chi connectivity index (χ3n) is 4.51. The van der Waals surface area contributed by atoms with Gasteiger partial charge in [0.15, 0.2) is 0 Å². The van der Waals surface area contributed by atoms with E-state index in [0.29, 0.717) is 24.6 Å². The summed E-state index contributed by atoms with van der Waals surface area (Å²) >= 11 is 0. The molecule has 0 aliphatic heterocycles. The first-order chi connectivity index (χ1) is 12.5. The molecule has 8 heteroatoms. The van der Waals surface area contributed by atoms with Crippen LogP contribution in [0.15, 0.2) is 35.4 Å². The second-order valence-corrected chi connectivity index (χ2v) is 8.47. The first-order valence-corrected chi connectivity index (χ1v) is 10.3. The van der Waals surface area contributed by atoms with Gasteiger partial charge in [0, 0.05) is 24.3 Å². The number of hydrogen-bond acceptors (Lipinski definition) is 4. The third-order valence-corrected chi connectivity index (χ3v) is 5.93. The van der Waals surface area contributed by atoms with Gasteiger partial charge in [0.05, 0.1) is 11.1 Å². The quantitative estimate of drug-likeness (QED) is 0.580. The molecule has 1 amide bonds. The summed E-state index contributed by atoms with van der Waals surface area (Å²) in [4.78, 5) is 12.4. The van der Waals surface area contributed by atoms with Crippen LogP contribution in [0, 0.1) is 12.8 Å². The number of carbonyl (C=O) groups is 1. The van der Waals surface area contributed by atoms with Crippen LogP contribution in [0.4, 0.5) is 0 Å². The average Bonchev–Trinajstić information content (AvgIpc) is 3.38. The Morgan fingerprint density at radius 1 is 1.35 bits per heavy atom. The molecular formula is C18H24N4O3S. The lowest BCUT2D eigenvalue weighted by molar-refractivity contribution is 0.0953. The van der Waals surface area contributed by atoms with Crippen molar-refractivity contribution < 1.29 is 13.2 Å². The van der Waals surface area contributed by atoms with E-state index < -0.39 is 10.0 Å². The number of hydrogen-bond donors (Lipinski definition) is 3. The van der Waals surface area contributed by atoms with Gasteiger partial charge in [-0.2, -0.15) is 5.10 Å². The zero-order valence-electron chi connectivity index (χ0n) is 14.8. The fraction of sp³-hybridized carbons (Fsp3) is 0.444. The number of H-pyrrole nitrogens is 1. The van der Waals surface area contributed by atoms with Gasteiger partial charge < -0.3 is 5.32 Å². The Balaban J connectivity index is 1.53. The van der Waals surface area contributed by atoms with Crippen molar-refractivity contribution in [2.75, 3.05) is 13.1 Å². The molecule has 0 atom stereocenters. The molecule has 1 heterocycles. The number of benzene rings is 1. The van der Waals surface area contributed by atoms with Crippen molar-refractivity contribution in [3.63, 3.8) is 0 Å². The summed E-state index contributed by atoms with van der Waals surface area (Å²) in [5, 5.41) is 9.69. The van der Waals surface area contributed by atoms with Gasteiger partial charge >= 0.3 is 0 Å². The van der Waals surface area contributed by atoms with Crippen LogP contribution in [-0.4, -0.2) is 37.6 Å². The highest BCUT2D eigenvalue weighted by Gasteiger charge is 2.24. The molecule has 26 heavy (non-hydrogen) atoms. The summed E-state index contributed by atoms with van der Waals surface area (Å²) in [6.07, 6.45) is 5.54. The van der Waals surface area contributed by atoms with Crippen LogP contribution < -0.4 is 10.0 Å². The Hall–Kier alpha value is -2.19. The second kappa shape index (κ2) is 8.01. The summed E-state index contributed by atoms with van der Waals surface area (Å²) in [5.41, 5.74) is 2.51. The standard InChI is InChI=1S/C18H24N4O3S/c1-13-16(12-20-22-13)5-3-9-19-18(23)15-4-2-6-17(10-15)26(24,25)21-11-14-7-8-14/h2,4,6,10,12,14,21H,3,5,7-9,11H2,1H3,(H,19,23)(H,20,22). The van der Waals surface area contributed by atoms with Gasteiger partial charge in [-0.05, 0) is 62.3 Å². The van der Waals surface area contributed by atoms with Crippen molar-refractivity contribution in [3.8, 4) is 0 Å². The Labute approximate surface area is 153 Å². The monoisotopic (exact) mass is 376 g/mol. The van der Waals surface area contributed by atoms with Gasteiger partial charge in [-0.3, -0.25) is 9.89 Å². The van der Waals surface area contributed by atoms with E-state index in [9.17, 15) is 13.2 Å². The van der Waals surface area contributed by atoms with Crippen molar-refractivity contribution in [1.29, 1.82) is 0 Å². The summed E-state index contributed by atoms with van der Waals surface area (Å²) in [6, 6.07) is 6.14. The number of nitrogens with one attached hydrogen (secondary N) is 3. The molecule has 2 aromatic rings. The minimum Gasteiger partial charge on any atom is -0.352 e. The van der Waals surface area contributed by atoms with E-state index in [4.69, 9.17) is 0 Å². The third kappa shape index (κ3) is 4.92. The lowest BCUT2D eigenvalue weighted by atomic mass is 10.1. The Bertz CT molecular complexity index is 872. The van der Waals surface area contributed by atoms with E-state index in [-0.39, 0.29) is 10.8 Å². The SMILES string of the molecule is Cc1[nH]ncc1CCCNC(=O)c1cccc(S(=O)(=O)NCC2CC2)c1. The number of nitrogens with zero attached hydrogens (tertiary/aromatic N) is 1. The fourth-order valence-electron chi connectivity index (χ4n) is 2.65. The molecule has 1 saturated carbocycles. The van der Waals surface area contributed by atoms with Crippen molar-refractivity contribution in [3.05, 3.63) is 47.3 Å². The van der Waals surface area contributed by atoms with Crippen LogP contribution in [0.25, 0.3) is 0 Å². The number of aromatic nitrogens is 2. The van der Waals surface area contributed by atoms with Crippen LogP contribution in [0.1, 0.15) is 40.9 Å². The normalized spacial score (nSPS) is 14.3. The Morgan fingerprint density at radius 3 is 2.85 bits per heavy atom. The van der Waals surface area contributed by atoms with Crippen LogP contribution in [0.3, 0.4) is 0 Å². The van der Waals surface area contributed by atoms with Crippen molar-refractivity contribution in [2.45, 2.75) is 37.5 Å². The molecule has 0 saturated heterocycles. The molecule has 1 aromatic heterocycles. The van der Waals surface area contributed by atoms with E-state index in [0.717, 1.165) is 36.9 Å². The van der Waals surface area contributed by atoms with E-state index in [1.807, 2.05) is 6.92 Å². The molecule has 3 rings (SSSR count). The second-order valence-electron chi connectivity index (χ2n) is 6.70. The van der Waals surface area contributed by atoms with Crippen molar-refractivity contribution in [1.82, 2.24) is 20.2 Å². The minimum absolute atomic E-state index is 0.125. The molecule has 0 spiro atoms. The van der Waals surface area contributed by atoms with E-state index in [1.165, 1.54) is 12.1 Å². The lowest BCUT2D eigenvalue weighted by Crippen LogP contribution is -2.27. The minimum atomic E-state index is -3.57. The van der Waals surface area contributed by atoms with Crippen LogP contribution in [0.2, 0.25) is 0 Å². The maximum absolute atomic E-state index is 12.3. The van der Waals surface area contributed by atoms with Crippen LogP contribution >= 0.6 is 0 Å². The average molecular weight is 376 g/mol. The number of carbonyl (C=O) groups excluding carboxylic acids is 1. The maximum Gasteiger partial charge on any atom is 0.251 e. The molecule has 140 valence electrons. The molecule has 7 nitrogen and oxygen atoms in total. The molecule has 0 radical (unpaired) electrons. The van der Waals surface area contributed by atoms with Gasteiger partial charge in [-0.25, -0.2) is 13.1 Å². The molecule has 1 aromatic carbocycles. The zero-order chi connectivity index (χ0) is 18.6. The van der Waals surface area contributed by atoms with Gasteiger partial charge in [-0.1, -0.05) is 6.07 Å². The number of aromatic amines is 1. The van der Waals surface area contributed by atoms with Gasteiger partial charge in [-0.15, -0.1) is 0 Å². The van der Waals surface area contributed by atoms with E-state index in [1.54, 1.807) is 18.3 Å². The lowest BCUT2D eigenvalue weighted by Gasteiger charge is -2.09. The molecule has 3 N–H and O–H groups in total. The van der Waals surface area contributed by atoms with Crippen molar-refractivity contribution in [2.24, 2.45) is 5.92 Å². The van der Waals surface area contributed by atoms with Gasteiger partial charge in [0.25, 0.3) is 5.91 Å². The Kier molecular flexibility index (Phi) is 5.73. The fourth-order valence-corrected chi connectivity index (χ4v) is 3.81. The Morgan fingerprint density at radius 2 is 2.15 bits per heavy atom. The molecule has 0 bridgehead atoms. The van der Waals surface area contributed by atoms with E-state index in [2.05, 4.69) is 20.2 Å².